The fourth-order valence-corrected chi connectivity index (χ4v) is 4.83. The number of methoxy groups -OCH3 is 1. The van der Waals surface area contributed by atoms with E-state index in [2.05, 4.69) is 41.4 Å². The lowest BCUT2D eigenvalue weighted by molar-refractivity contribution is -0.134. The summed E-state index contributed by atoms with van der Waals surface area (Å²) in [6.45, 7) is 7.80. The van der Waals surface area contributed by atoms with Crippen molar-refractivity contribution in [2.45, 2.75) is 58.3 Å². The van der Waals surface area contributed by atoms with Crippen molar-refractivity contribution in [3.8, 4) is 16.9 Å². The molecule has 40 heavy (non-hydrogen) atoms. The molecular formula is C33H41N3O4. The van der Waals surface area contributed by atoms with Crippen LogP contribution in [-0.2, 0) is 17.9 Å². The number of ether oxygens (including phenoxy) is 1. The van der Waals surface area contributed by atoms with Crippen molar-refractivity contribution in [3.05, 3.63) is 89.5 Å². The Labute approximate surface area is 237 Å². The molecule has 0 bridgehead atoms. The molecule has 2 N–H and O–H groups in total. The van der Waals surface area contributed by atoms with Crippen LogP contribution in [0.15, 0.2) is 72.8 Å². The normalized spacial score (nSPS) is 14.5. The minimum atomic E-state index is -1.52. The van der Waals surface area contributed by atoms with E-state index in [9.17, 15) is 14.7 Å². The van der Waals surface area contributed by atoms with E-state index < -0.39 is 11.4 Å². The highest BCUT2D eigenvalue weighted by molar-refractivity contribution is 5.91. The largest absolute Gasteiger partial charge is 0.497 e. The maximum Gasteiger partial charge on any atom is 0.318 e. The third kappa shape index (κ3) is 8.16. The van der Waals surface area contributed by atoms with Gasteiger partial charge in [0.15, 0.2) is 5.78 Å². The van der Waals surface area contributed by atoms with Crippen LogP contribution in [0.1, 0.15) is 43.4 Å². The summed E-state index contributed by atoms with van der Waals surface area (Å²) in [6.07, 6.45) is 1.70. The molecule has 212 valence electrons. The third-order valence-corrected chi connectivity index (χ3v) is 7.50. The summed E-state index contributed by atoms with van der Waals surface area (Å²) in [5, 5.41) is 13.4. The molecule has 0 spiro atoms. The molecule has 3 aromatic carbocycles. The Bertz CT molecular complexity index is 1260. The quantitative estimate of drug-likeness (QED) is 0.368. The van der Waals surface area contributed by atoms with Crippen LogP contribution >= 0.6 is 0 Å². The van der Waals surface area contributed by atoms with Gasteiger partial charge in [0.1, 0.15) is 11.4 Å². The van der Waals surface area contributed by atoms with Crippen molar-refractivity contribution >= 4 is 11.8 Å². The van der Waals surface area contributed by atoms with Gasteiger partial charge >= 0.3 is 6.03 Å². The highest BCUT2D eigenvalue weighted by Gasteiger charge is 2.29. The van der Waals surface area contributed by atoms with E-state index in [1.807, 2.05) is 48.5 Å². The van der Waals surface area contributed by atoms with Gasteiger partial charge in [-0.05, 0) is 68.0 Å². The zero-order chi connectivity index (χ0) is 28.7. The van der Waals surface area contributed by atoms with Crippen LogP contribution in [0, 0.1) is 6.92 Å². The van der Waals surface area contributed by atoms with Crippen LogP contribution in [0.3, 0.4) is 0 Å². The van der Waals surface area contributed by atoms with Gasteiger partial charge in [0.05, 0.1) is 13.7 Å². The average Bonchev–Trinajstić information content (AvgIpc) is 2.95. The molecule has 1 aliphatic heterocycles. The molecule has 0 saturated carbocycles. The smallest absolute Gasteiger partial charge is 0.318 e. The van der Waals surface area contributed by atoms with Gasteiger partial charge in [-0.15, -0.1) is 0 Å². The predicted molar refractivity (Wildman–Crippen MR) is 158 cm³/mol. The first-order chi connectivity index (χ1) is 19.1. The molecule has 0 atom stereocenters. The number of Topliss-reactive ketones (excluding diaryl/α,β-unsaturated/α-hetero) is 1. The Balaban J connectivity index is 1.37. The van der Waals surface area contributed by atoms with Gasteiger partial charge in [0.2, 0.25) is 0 Å². The second kappa shape index (κ2) is 13.1. The second-order valence-corrected chi connectivity index (χ2v) is 11.2. The van der Waals surface area contributed by atoms with Gasteiger partial charge in [-0.1, -0.05) is 66.2 Å². The highest BCUT2D eigenvalue weighted by Crippen LogP contribution is 2.23. The number of nitrogens with zero attached hydrogens (tertiary/aromatic N) is 2. The van der Waals surface area contributed by atoms with Gasteiger partial charge < -0.3 is 20.1 Å². The second-order valence-electron chi connectivity index (χ2n) is 11.2. The molecule has 1 saturated heterocycles. The number of nitrogens with one attached hydrogen (secondary N) is 1. The Hall–Kier alpha value is -3.68. The molecule has 0 aliphatic carbocycles. The summed E-state index contributed by atoms with van der Waals surface area (Å²) in [5.41, 5.74) is 4.05. The predicted octanol–water partition coefficient (Wildman–Crippen LogP) is 5.19. The maximum absolute atomic E-state index is 13.4. The molecule has 7 heteroatoms. The fourth-order valence-electron chi connectivity index (χ4n) is 4.83. The van der Waals surface area contributed by atoms with Crippen LogP contribution in [-0.4, -0.2) is 65.1 Å². The van der Waals surface area contributed by atoms with Gasteiger partial charge in [-0.25, -0.2) is 4.79 Å². The van der Waals surface area contributed by atoms with E-state index in [4.69, 9.17) is 4.74 Å². The van der Waals surface area contributed by atoms with Gasteiger partial charge in [0, 0.05) is 32.2 Å². The molecule has 4 rings (SSSR count). The molecule has 2 amide bonds. The SMILES string of the molecule is COc1ccc(-c2ccc(CN(CC(=O)C(C)(C)O)C(=O)NC3CCN(Cc4ccc(C)cc4)CC3)cc2)cc1. The topological polar surface area (TPSA) is 82.1 Å². The number of carbonyl (C=O) groups excluding carboxylic acids is 2. The zero-order valence-electron chi connectivity index (χ0n) is 24.0. The number of rotatable bonds is 10. The first-order valence-electron chi connectivity index (χ1n) is 13.9. The van der Waals surface area contributed by atoms with E-state index in [0.29, 0.717) is 0 Å². The minimum Gasteiger partial charge on any atom is -0.497 e. The number of aryl methyl sites for hydroxylation is 1. The Morgan fingerprint density at radius 3 is 2.02 bits per heavy atom. The number of amides is 2. The molecule has 1 aliphatic rings. The number of carbonyl (C=O) groups is 2. The lowest BCUT2D eigenvalue weighted by atomic mass is 10.0. The molecular weight excluding hydrogens is 502 g/mol. The first-order valence-corrected chi connectivity index (χ1v) is 13.9. The lowest BCUT2D eigenvalue weighted by Gasteiger charge is -2.34. The molecule has 1 fully saturated rings. The number of aliphatic hydroxyl groups is 1. The number of likely N-dealkylation sites (tertiary alicyclic amines) is 1. The standard InChI is InChI=1S/C33H41N3O4/c1-24-5-7-25(8-6-24)21-35-19-17-29(18-20-35)34-32(38)36(23-31(37)33(2,3)39)22-26-9-11-27(12-10-26)28-13-15-30(40-4)16-14-28/h5-16,29,39H,17-23H2,1-4H3,(H,34,38). The van der Waals surface area contributed by atoms with Crippen molar-refractivity contribution in [3.63, 3.8) is 0 Å². The molecule has 7 nitrogen and oxygen atoms in total. The van der Waals surface area contributed by atoms with Gasteiger partial charge in [0.25, 0.3) is 0 Å². The lowest BCUT2D eigenvalue weighted by Crippen LogP contribution is -2.51. The van der Waals surface area contributed by atoms with E-state index in [1.165, 1.54) is 29.9 Å². The zero-order valence-corrected chi connectivity index (χ0v) is 24.0. The van der Waals surface area contributed by atoms with E-state index in [1.54, 1.807) is 7.11 Å². The summed E-state index contributed by atoms with van der Waals surface area (Å²) in [7, 11) is 1.64. The van der Waals surface area contributed by atoms with E-state index >= 15 is 0 Å². The van der Waals surface area contributed by atoms with Crippen LogP contribution in [0.5, 0.6) is 5.75 Å². The van der Waals surface area contributed by atoms with E-state index in [-0.39, 0.29) is 25.2 Å². The summed E-state index contributed by atoms with van der Waals surface area (Å²) in [4.78, 5) is 30.0. The third-order valence-electron chi connectivity index (χ3n) is 7.50. The summed E-state index contributed by atoms with van der Waals surface area (Å²) < 4.78 is 5.24. The van der Waals surface area contributed by atoms with Crippen molar-refractivity contribution < 1.29 is 19.4 Å². The monoisotopic (exact) mass is 543 g/mol. The van der Waals surface area contributed by atoms with Crippen molar-refractivity contribution in [2.24, 2.45) is 0 Å². The first kappa shape index (κ1) is 29.3. The molecule has 0 aromatic heterocycles. The number of benzene rings is 3. The van der Waals surface area contributed by atoms with Crippen LogP contribution < -0.4 is 10.1 Å². The fraction of sp³-hybridized carbons (Fsp3) is 0.394. The number of ketones is 1. The minimum absolute atomic E-state index is 0.0407. The average molecular weight is 544 g/mol. The van der Waals surface area contributed by atoms with Crippen LogP contribution in [0.25, 0.3) is 11.1 Å². The van der Waals surface area contributed by atoms with Crippen molar-refractivity contribution in [1.29, 1.82) is 0 Å². The Morgan fingerprint density at radius 2 is 1.48 bits per heavy atom. The summed E-state index contributed by atoms with van der Waals surface area (Å²) in [5.74, 6) is 0.404. The number of urea groups is 1. The maximum atomic E-state index is 13.4. The molecule has 1 heterocycles. The van der Waals surface area contributed by atoms with E-state index in [0.717, 1.165) is 54.9 Å². The number of hydrogen-bond donors (Lipinski definition) is 2. The molecule has 0 radical (unpaired) electrons. The van der Waals surface area contributed by atoms with Crippen LogP contribution in [0.4, 0.5) is 4.79 Å². The highest BCUT2D eigenvalue weighted by atomic mass is 16.5. The van der Waals surface area contributed by atoms with Crippen molar-refractivity contribution in [1.82, 2.24) is 15.1 Å². The number of hydrogen-bond acceptors (Lipinski definition) is 5. The Morgan fingerprint density at radius 1 is 0.925 bits per heavy atom. The Kier molecular flexibility index (Phi) is 9.61. The van der Waals surface area contributed by atoms with Crippen molar-refractivity contribution in [2.75, 3.05) is 26.7 Å². The molecule has 3 aromatic rings. The molecule has 0 unspecified atom stereocenters. The summed E-state index contributed by atoms with van der Waals surface area (Å²) >= 11 is 0. The van der Waals surface area contributed by atoms with Crippen LogP contribution in [0.2, 0.25) is 0 Å². The number of piperidine rings is 1. The van der Waals surface area contributed by atoms with Gasteiger partial charge in [-0.2, -0.15) is 0 Å². The van der Waals surface area contributed by atoms with Gasteiger partial charge in [-0.3, -0.25) is 9.69 Å². The summed E-state index contributed by atoms with van der Waals surface area (Å²) in [6, 6.07) is 24.2.